The quantitative estimate of drug-likeness (QED) is 0.926. The van der Waals surface area contributed by atoms with E-state index in [4.69, 9.17) is 4.42 Å². The van der Waals surface area contributed by atoms with Crippen LogP contribution in [0.2, 0.25) is 0 Å². The Morgan fingerprint density at radius 3 is 2.53 bits per heavy atom. The van der Waals surface area contributed by atoms with Crippen LogP contribution in [0.5, 0.6) is 0 Å². The highest BCUT2D eigenvalue weighted by molar-refractivity contribution is 9.10. The van der Waals surface area contributed by atoms with Crippen molar-refractivity contribution in [1.29, 1.82) is 0 Å². The molecule has 3 heteroatoms. The molecule has 0 aliphatic rings. The molecule has 0 spiro atoms. The zero-order valence-corrected chi connectivity index (χ0v) is 11.8. The van der Waals surface area contributed by atoms with Crippen molar-refractivity contribution in [3.8, 4) is 0 Å². The molecule has 1 heterocycles. The predicted molar refractivity (Wildman–Crippen MR) is 73.2 cm³/mol. The van der Waals surface area contributed by atoms with E-state index in [1.807, 2.05) is 13.1 Å². The number of aryl methyl sites for hydroxylation is 1. The first kappa shape index (κ1) is 12.4. The normalized spacial score (nSPS) is 12.7. The summed E-state index contributed by atoms with van der Waals surface area (Å²) in [7, 11) is 1.96. The van der Waals surface area contributed by atoms with E-state index in [1.54, 1.807) is 6.26 Å². The number of nitrogens with one attached hydrogen (secondary N) is 1. The van der Waals surface area contributed by atoms with Gasteiger partial charge in [0.2, 0.25) is 0 Å². The van der Waals surface area contributed by atoms with Crippen LogP contribution in [0.3, 0.4) is 0 Å². The maximum absolute atomic E-state index is 5.32. The summed E-state index contributed by atoms with van der Waals surface area (Å²) in [6, 6.07) is 8.53. The molecule has 2 rings (SSSR count). The largest absolute Gasteiger partial charge is 0.457 e. The molecule has 0 radical (unpaired) electrons. The topological polar surface area (TPSA) is 25.2 Å². The monoisotopic (exact) mass is 293 g/mol. The Hall–Kier alpha value is -1.06. The molecule has 0 amide bonds. The smallest absolute Gasteiger partial charge is 0.174 e. The first-order valence-corrected chi connectivity index (χ1v) is 6.40. The molecule has 1 N–H and O–H groups in total. The van der Waals surface area contributed by atoms with E-state index < -0.39 is 0 Å². The fourth-order valence-electron chi connectivity index (χ4n) is 2.08. The minimum Gasteiger partial charge on any atom is -0.457 e. The highest BCUT2D eigenvalue weighted by atomic mass is 79.9. The third kappa shape index (κ3) is 2.31. The summed E-state index contributed by atoms with van der Waals surface area (Å²) in [6.07, 6.45) is 1.70. The molecule has 0 saturated heterocycles. The lowest BCUT2D eigenvalue weighted by atomic mass is 9.94. The van der Waals surface area contributed by atoms with Gasteiger partial charge >= 0.3 is 0 Å². The third-order valence-corrected chi connectivity index (χ3v) is 3.85. The van der Waals surface area contributed by atoms with Gasteiger partial charge in [-0.15, -0.1) is 0 Å². The van der Waals surface area contributed by atoms with E-state index in [9.17, 15) is 0 Å². The average molecular weight is 294 g/mol. The minimum absolute atomic E-state index is 0.156. The molecule has 0 bridgehead atoms. The standard InChI is InChI=1S/C14H16BrNO/c1-9-5-4-6-11(10(9)2)13(16-3)12-7-8-17-14(12)15/h4-8,13,16H,1-3H3. The van der Waals surface area contributed by atoms with Gasteiger partial charge in [0.15, 0.2) is 4.67 Å². The molecule has 2 nitrogen and oxygen atoms in total. The lowest BCUT2D eigenvalue weighted by molar-refractivity contribution is 0.530. The molecule has 90 valence electrons. The first-order chi connectivity index (χ1) is 8.15. The second kappa shape index (κ2) is 5.07. The highest BCUT2D eigenvalue weighted by Gasteiger charge is 2.18. The fourth-order valence-corrected chi connectivity index (χ4v) is 2.54. The molecule has 1 unspecified atom stereocenters. The van der Waals surface area contributed by atoms with Crippen LogP contribution in [0.1, 0.15) is 28.3 Å². The van der Waals surface area contributed by atoms with Gasteiger partial charge in [0, 0.05) is 5.56 Å². The lowest BCUT2D eigenvalue weighted by Gasteiger charge is -2.19. The van der Waals surface area contributed by atoms with Crippen LogP contribution in [0.25, 0.3) is 0 Å². The molecular weight excluding hydrogens is 278 g/mol. The van der Waals surface area contributed by atoms with Crippen molar-refractivity contribution in [2.45, 2.75) is 19.9 Å². The third-order valence-electron chi connectivity index (χ3n) is 3.20. The van der Waals surface area contributed by atoms with Crippen molar-refractivity contribution in [3.05, 3.63) is 57.5 Å². The fraction of sp³-hybridized carbons (Fsp3) is 0.286. The van der Waals surface area contributed by atoms with Gasteiger partial charge < -0.3 is 9.73 Å². The molecule has 17 heavy (non-hydrogen) atoms. The number of furan rings is 1. The Kier molecular flexibility index (Phi) is 3.69. The van der Waals surface area contributed by atoms with E-state index in [0.29, 0.717) is 0 Å². The number of benzene rings is 1. The molecular formula is C14H16BrNO. The predicted octanol–water partition coefficient (Wildman–Crippen LogP) is 3.97. The van der Waals surface area contributed by atoms with Crippen molar-refractivity contribution < 1.29 is 4.42 Å². The van der Waals surface area contributed by atoms with E-state index in [1.165, 1.54) is 16.7 Å². The van der Waals surface area contributed by atoms with E-state index in [0.717, 1.165) is 10.2 Å². The van der Waals surface area contributed by atoms with Crippen molar-refractivity contribution in [2.24, 2.45) is 0 Å². The summed E-state index contributed by atoms with van der Waals surface area (Å²) in [5.41, 5.74) is 5.04. The molecule has 0 fully saturated rings. The van der Waals surface area contributed by atoms with E-state index in [-0.39, 0.29) is 6.04 Å². The van der Waals surface area contributed by atoms with E-state index >= 15 is 0 Å². The Morgan fingerprint density at radius 1 is 1.18 bits per heavy atom. The van der Waals surface area contributed by atoms with Crippen LogP contribution in [-0.2, 0) is 0 Å². The maximum Gasteiger partial charge on any atom is 0.174 e. The Balaban J connectivity index is 2.50. The van der Waals surface area contributed by atoms with Gasteiger partial charge in [-0.2, -0.15) is 0 Å². The number of halogens is 1. The molecule has 1 aromatic heterocycles. The van der Waals surface area contributed by atoms with Gasteiger partial charge in [-0.1, -0.05) is 18.2 Å². The van der Waals surface area contributed by atoms with Crippen LogP contribution in [0.4, 0.5) is 0 Å². The summed E-state index contributed by atoms with van der Waals surface area (Å²) >= 11 is 3.44. The van der Waals surface area contributed by atoms with Gasteiger partial charge in [-0.25, -0.2) is 0 Å². The Labute approximate surface area is 110 Å². The van der Waals surface area contributed by atoms with Crippen LogP contribution in [-0.4, -0.2) is 7.05 Å². The molecule has 1 aromatic carbocycles. The van der Waals surface area contributed by atoms with Crippen molar-refractivity contribution in [2.75, 3.05) is 7.05 Å². The summed E-state index contributed by atoms with van der Waals surface area (Å²) in [5, 5.41) is 3.34. The minimum atomic E-state index is 0.156. The maximum atomic E-state index is 5.32. The Morgan fingerprint density at radius 2 is 1.94 bits per heavy atom. The molecule has 1 atom stereocenters. The summed E-state index contributed by atoms with van der Waals surface area (Å²) in [4.78, 5) is 0. The SMILES string of the molecule is CNC(c1ccoc1Br)c1cccc(C)c1C. The number of hydrogen-bond donors (Lipinski definition) is 1. The van der Waals surface area contributed by atoms with Gasteiger partial charge in [-0.3, -0.25) is 0 Å². The zero-order valence-electron chi connectivity index (χ0n) is 10.3. The highest BCUT2D eigenvalue weighted by Crippen LogP contribution is 2.31. The number of rotatable bonds is 3. The van der Waals surface area contributed by atoms with E-state index in [2.05, 4.69) is 53.3 Å². The van der Waals surface area contributed by atoms with Gasteiger partial charge in [0.05, 0.1) is 12.3 Å². The Bertz CT molecular complexity index is 519. The molecule has 0 aliphatic heterocycles. The van der Waals surface area contributed by atoms with Crippen LogP contribution < -0.4 is 5.32 Å². The second-order valence-electron chi connectivity index (χ2n) is 4.16. The van der Waals surface area contributed by atoms with Gasteiger partial charge in [0.1, 0.15) is 0 Å². The lowest BCUT2D eigenvalue weighted by Crippen LogP contribution is -2.18. The van der Waals surface area contributed by atoms with Crippen molar-refractivity contribution >= 4 is 15.9 Å². The summed E-state index contributed by atoms with van der Waals surface area (Å²) in [6.45, 7) is 4.29. The average Bonchev–Trinajstić information content (AvgIpc) is 2.72. The van der Waals surface area contributed by atoms with Crippen LogP contribution >= 0.6 is 15.9 Å². The van der Waals surface area contributed by atoms with Gasteiger partial charge in [0.25, 0.3) is 0 Å². The number of hydrogen-bond acceptors (Lipinski definition) is 2. The van der Waals surface area contributed by atoms with Crippen molar-refractivity contribution in [1.82, 2.24) is 5.32 Å². The molecule has 2 aromatic rings. The summed E-state index contributed by atoms with van der Waals surface area (Å²) < 4.78 is 6.11. The zero-order chi connectivity index (χ0) is 12.4. The van der Waals surface area contributed by atoms with Crippen LogP contribution in [0, 0.1) is 13.8 Å². The first-order valence-electron chi connectivity index (χ1n) is 5.61. The molecule has 0 aliphatic carbocycles. The van der Waals surface area contributed by atoms with Crippen molar-refractivity contribution in [3.63, 3.8) is 0 Å². The second-order valence-corrected chi connectivity index (χ2v) is 4.88. The van der Waals surface area contributed by atoms with Gasteiger partial charge in [-0.05, 0) is 59.6 Å². The molecule has 0 saturated carbocycles. The van der Waals surface area contributed by atoms with Crippen LogP contribution in [0.15, 0.2) is 39.6 Å². The summed E-state index contributed by atoms with van der Waals surface area (Å²) in [5.74, 6) is 0.